The molecule has 0 amide bonds. The largest absolute Gasteiger partial charge is 0.506 e. The first-order chi connectivity index (χ1) is 8.24. The van der Waals surface area contributed by atoms with Crippen LogP contribution in [0.1, 0.15) is 0 Å². The molecule has 0 atom stereocenters. The van der Waals surface area contributed by atoms with Crippen LogP contribution in [-0.2, 0) is 0 Å². The molecule has 3 aromatic rings. The van der Waals surface area contributed by atoms with Gasteiger partial charge in [0.1, 0.15) is 11.6 Å². The van der Waals surface area contributed by atoms with E-state index in [0.29, 0.717) is 5.02 Å². The zero-order chi connectivity index (χ0) is 11.8. The second-order valence-electron chi connectivity index (χ2n) is 3.77. The van der Waals surface area contributed by atoms with Crippen LogP contribution in [0.25, 0.3) is 16.9 Å². The lowest BCUT2D eigenvalue weighted by Gasteiger charge is -2.02. The van der Waals surface area contributed by atoms with E-state index < -0.39 is 0 Å². The zero-order valence-electron chi connectivity index (χ0n) is 8.84. The van der Waals surface area contributed by atoms with E-state index in [1.807, 2.05) is 34.7 Å². The van der Waals surface area contributed by atoms with Crippen LogP contribution in [0.4, 0.5) is 0 Å². The van der Waals surface area contributed by atoms with Crippen molar-refractivity contribution in [3.63, 3.8) is 0 Å². The van der Waals surface area contributed by atoms with Crippen LogP contribution in [0.3, 0.4) is 0 Å². The van der Waals surface area contributed by atoms with Crippen molar-refractivity contribution in [2.75, 3.05) is 0 Å². The summed E-state index contributed by atoms with van der Waals surface area (Å²) in [6, 6.07) is 10.9. The molecular weight excluding hydrogens is 236 g/mol. The summed E-state index contributed by atoms with van der Waals surface area (Å²) in [5.41, 5.74) is 1.85. The molecule has 3 rings (SSSR count). The average Bonchev–Trinajstić information content (AvgIpc) is 2.71. The predicted molar refractivity (Wildman–Crippen MR) is 67.3 cm³/mol. The van der Waals surface area contributed by atoms with Gasteiger partial charge in [0.15, 0.2) is 0 Å². The first-order valence-electron chi connectivity index (χ1n) is 5.16. The summed E-state index contributed by atoms with van der Waals surface area (Å²) in [4.78, 5) is 4.34. The van der Waals surface area contributed by atoms with Crippen molar-refractivity contribution < 1.29 is 5.11 Å². The summed E-state index contributed by atoms with van der Waals surface area (Å²) >= 11 is 5.96. The number of hydrogen-bond acceptors (Lipinski definition) is 2. The molecule has 0 aliphatic rings. The van der Waals surface area contributed by atoms with Crippen molar-refractivity contribution in [2.24, 2.45) is 0 Å². The highest BCUT2D eigenvalue weighted by molar-refractivity contribution is 6.30. The Balaban J connectivity index is 2.27. The standard InChI is InChI=1S/C13H9ClN2O/c14-10-3-1-2-9(6-10)13-15-7-11-4-5-12(17)8-16(11)13/h1-8,17H. The van der Waals surface area contributed by atoms with E-state index in [2.05, 4.69) is 4.98 Å². The SMILES string of the molecule is Oc1ccc2cnc(-c3cccc(Cl)c3)n2c1. The highest BCUT2D eigenvalue weighted by atomic mass is 35.5. The molecule has 2 aromatic heterocycles. The molecule has 0 spiro atoms. The first-order valence-corrected chi connectivity index (χ1v) is 5.54. The Morgan fingerprint density at radius 2 is 2.06 bits per heavy atom. The Labute approximate surface area is 103 Å². The minimum atomic E-state index is 0.207. The average molecular weight is 245 g/mol. The van der Waals surface area contributed by atoms with Gasteiger partial charge >= 0.3 is 0 Å². The van der Waals surface area contributed by atoms with Crippen molar-refractivity contribution >= 4 is 17.1 Å². The van der Waals surface area contributed by atoms with Gasteiger partial charge in [-0.3, -0.25) is 4.40 Å². The van der Waals surface area contributed by atoms with Crippen LogP contribution < -0.4 is 0 Å². The second-order valence-corrected chi connectivity index (χ2v) is 4.21. The Kier molecular flexibility index (Phi) is 2.27. The lowest BCUT2D eigenvalue weighted by Crippen LogP contribution is -1.88. The van der Waals surface area contributed by atoms with Crippen LogP contribution in [0, 0.1) is 0 Å². The zero-order valence-corrected chi connectivity index (χ0v) is 9.59. The summed E-state index contributed by atoms with van der Waals surface area (Å²) in [7, 11) is 0. The fourth-order valence-corrected chi connectivity index (χ4v) is 2.01. The molecule has 4 heteroatoms. The van der Waals surface area contributed by atoms with Crippen LogP contribution in [0.2, 0.25) is 5.02 Å². The monoisotopic (exact) mass is 244 g/mol. The Bertz CT molecular complexity index is 691. The molecular formula is C13H9ClN2O. The third-order valence-corrected chi connectivity index (χ3v) is 2.83. The van der Waals surface area contributed by atoms with Crippen molar-refractivity contribution in [3.8, 4) is 17.1 Å². The third-order valence-electron chi connectivity index (χ3n) is 2.59. The molecule has 84 valence electrons. The van der Waals surface area contributed by atoms with Crippen LogP contribution in [-0.4, -0.2) is 14.5 Å². The number of imidazole rings is 1. The Morgan fingerprint density at radius 1 is 1.18 bits per heavy atom. The molecule has 0 aliphatic carbocycles. The Hall–Kier alpha value is -2.00. The molecule has 0 saturated carbocycles. The van der Waals surface area contributed by atoms with E-state index in [9.17, 15) is 5.11 Å². The molecule has 0 bridgehead atoms. The fourth-order valence-electron chi connectivity index (χ4n) is 1.82. The summed E-state index contributed by atoms with van der Waals surface area (Å²) < 4.78 is 1.83. The topological polar surface area (TPSA) is 37.5 Å². The Morgan fingerprint density at radius 3 is 2.88 bits per heavy atom. The molecule has 1 N–H and O–H groups in total. The normalized spacial score (nSPS) is 10.9. The molecule has 3 nitrogen and oxygen atoms in total. The van der Waals surface area contributed by atoms with Gasteiger partial charge in [0, 0.05) is 10.6 Å². The molecule has 0 aliphatic heterocycles. The van der Waals surface area contributed by atoms with Crippen molar-refractivity contribution in [1.29, 1.82) is 0 Å². The molecule has 0 saturated heterocycles. The van der Waals surface area contributed by atoms with Gasteiger partial charge in [-0.15, -0.1) is 0 Å². The smallest absolute Gasteiger partial charge is 0.144 e. The van der Waals surface area contributed by atoms with Crippen LogP contribution in [0.15, 0.2) is 48.8 Å². The third kappa shape index (κ3) is 1.74. The first kappa shape index (κ1) is 10.2. The number of nitrogens with zero attached hydrogens (tertiary/aromatic N) is 2. The number of aromatic nitrogens is 2. The fraction of sp³-hybridized carbons (Fsp3) is 0. The summed E-state index contributed by atoms with van der Waals surface area (Å²) in [5, 5.41) is 10.2. The van der Waals surface area contributed by atoms with Crippen LogP contribution in [0.5, 0.6) is 5.75 Å². The van der Waals surface area contributed by atoms with Gasteiger partial charge in [-0.25, -0.2) is 4.98 Å². The molecule has 0 fully saturated rings. The lowest BCUT2D eigenvalue weighted by molar-refractivity contribution is 0.472. The number of rotatable bonds is 1. The summed E-state index contributed by atoms with van der Waals surface area (Å²) in [6.07, 6.45) is 3.40. The lowest BCUT2D eigenvalue weighted by atomic mass is 10.2. The summed E-state index contributed by atoms with van der Waals surface area (Å²) in [6.45, 7) is 0. The maximum atomic E-state index is 9.50. The van der Waals surface area contributed by atoms with Crippen molar-refractivity contribution in [2.45, 2.75) is 0 Å². The van der Waals surface area contributed by atoms with Crippen molar-refractivity contribution in [3.05, 3.63) is 53.8 Å². The van der Waals surface area contributed by atoms with E-state index >= 15 is 0 Å². The highest BCUT2D eigenvalue weighted by Crippen LogP contribution is 2.24. The molecule has 1 aromatic carbocycles. The predicted octanol–water partition coefficient (Wildman–Crippen LogP) is 3.36. The van der Waals surface area contributed by atoms with Gasteiger partial charge in [-0.1, -0.05) is 23.7 Å². The number of pyridine rings is 1. The maximum absolute atomic E-state index is 9.50. The molecule has 0 radical (unpaired) electrons. The highest BCUT2D eigenvalue weighted by Gasteiger charge is 2.06. The van der Waals surface area contributed by atoms with Gasteiger partial charge in [-0.05, 0) is 24.3 Å². The minimum absolute atomic E-state index is 0.207. The minimum Gasteiger partial charge on any atom is -0.506 e. The second kappa shape index (κ2) is 3.79. The van der Waals surface area contributed by atoms with Crippen LogP contribution >= 0.6 is 11.6 Å². The van der Waals surface area contributed by atoms with Gasteiger partial charge in [0.2, 0.25) is 0 Å². The van der Waals surface area contributed by atoms with Gasteiger partial charge in [-0.2, -0.15) is 0 Å². The van der Waals surface area contributed by atoms with Crippen molar-refractivity contribution in [1.82, 2.24) is 9.38 Å². The number of aromatic hydroxyl groups is 1. The van der Waals surface area contributed by atoms with E-state index in [1.165, 1.54) is 0 Å². The number of benzene rings is 1. The van der Waals surface area contributed by atoms with Gasteiger partial charge in [0.05, 0.1) is 17.9 Å². The van der Waals surface area contributed by atoms with E-state index in [1.54, 1.807) is 18.5 Å². The van der Waals surface area contributed by atoms with E-state index in [4.69, 9.17) is 11.6 Å². The van der Waals surface area contributed by atoms with E-state index in [-0.39, 0.29) is 5.75 Å². The number of hydrogen-bond donors (Lipinski definition) is 1. The molecule has 0 unspecified atom stereocenters. The number of halogens is 1. The molecule has 2 heterocycles. The van der Waals surface area contributed by atoms with Gasteiger partial charge in [0.25, 0.3) is 0 Å². The molecule has 17 heavy (non-hydrogen) atoms. The summed E-state index contributed by atoms with van der Waals surface area (Å²) in [5.74, 6) is 0.970. The maximum Gasteiger partial charge on any atom is 0.144 e. The van der Waals surface area contributed by atoms with Gasteiger partial charge < -0.3 is 5.11 Å². The van der Waals surface area contributed by atoms with E-state index in [0.717, 1.165) is 16.9 Å². The quantitative estimate of drug-likeness (QED) is 0.713. The number of fused-ring (bicyclic) bond motifs is 1.